The van der Waals surface area contributed by atoms with Crippen molar-refractivity contribution in [3.05, 3.63) is 44.5 Å². The van der Waals surface area contributed by atoms with Gasteiger partial charge in [0.05, 0.1) is 16.4 Å². The van der Waals surface area contributed by atoms with E-state index >= 15 is 0 Å². The Bertz CT molecular complexity index is 625. The molecule has 2 rings (SSSR count). The maximum Gasteiger partial charge on any atom is 0.367 e. The standard InChI is InChI=1S/C11H6Cl2N2O4/c12-5-10-8(11(16)19-14-10)4-6-3-7(15(17)18)1-2-9(6)13/h1-4H,5H2/b8-4-. The van der Waals surface area contributed by atoms with Gasteiger partial charge in [-0.1, -0.05) is 16.8 Å². The van der Waals surface area contributed by atoms with Crippen LogP contribution >= 0.6 is 23.2 Å². The van der Waals surface area contributed by atoms with Gasteiger partial charge < -0.3 is 4.84 Å². The van der Waals surface area contributed by atoms with Crippen molar-refractivity contribution in [2.24, 2.45) is 5.16 Å². The van der Waals surface area contributed by atoms with Crippen molar-refractivity contribution in [1.29, 1.82) is 0 Å². The molecule has 1 aliphatic rings. The predicted octanol–water partition coefficient (Wildman–Crippen LogP) is 2.78. The molecule has 0 aliphatic carbocycles. The van der Waals surface area contributed by atoms with Gasteiger partial charge in [-0.3, -0.25) is 10.1 Å². The van der Waals surface area contributed by atoms with Crippen LogP contribution in [0.5, 0.6) is 0 Å². The van der Waals surface area contributed by atoms with Gasteiger partial charge in [-0.25, -0.2) is 4.79 Å². The summed E-state index contributed by atoms with van der Waals surface area (Å²) in [6, 6.07) is 3.91. The zero-order valence-electron chi connectivity index (χ0n) is 9.30. The molecular weight excluding hydrogens is 295 g/mol. The van der Waals surface area contributed by atoms with Gasteiger partial charge in [0.1, 0.15) is 5.71 Å². The third-order valence-electron chi connectivity index (χ3n) is 2.39. The Morgan fingerprint density at radius 1 is 1.47 bits per heavy atom. The molecule has 0 N–H and O–H groups in total. The summed E-state index contributed by atoms with van der Waals surface area (Å²) in [6.07, 6.45) is 1.37. The third kappa shape index (κ3) is 2.74. The van der Waals surface area contributed by atoms with Crippen molar-refractivity contribution in [3.63, 3.8) is 0 Å². The molecule has 0 aromatic heterocycles. The molecule has 0 fully saturated rings. The summed E-state index contributed by atoms with van der Waals surface area (Å²) in [6.45, 7) is 0. The van der Waals surface area contributed by atoms with Crippen LogP contribution in [0.4, 0.5) is 5.69 Å². The summed E-state index contributed by atoms with van der Waals surface area (Å²) in [5, 5.41) is 14.5. The van der Waals surface area contributed by atoms with Crippen LogP contribution in [0.25, 0.3) is 6.08 Å². The largest absolute Gasteiger partial charge is 0.367 e. The Morgan fingerprint density at radius 3 is 2.84 bits per heavy atom. The van der Waals surface area contributed by atoms with Crippen molar-refractivity contribution in [1.82, 2.24) is 0 Å². The summed E-state index contributed by atoms with van der Waals surface area (Å²) in [4.78, 5) is 26.1. The summed E-state index contributed by atoms with van der Waals surface area (Å²) in [5.41, 5.74) is 0.584. The van der Waals surface area contributed by atoms with E-state index in [1.54, 1.807) is 0 Å². The van der Waals surface area contributed by atoms with Crippen LogP contribution in [0.15, 0.2) is 28.9 Å². The highest BCUT2D eigenvalue weighted by Gasteiger charge is 2.25. The van der Waals surface area contributed by atoms with Gasteiger partial charge in [0.25, 0.3) is 5.69 Å². The lowest BCUT2D eigenvalue weighted by Crippen LogP contribution is -2.06. The number of carbonyl (C=O) groups excluding carboxylic acids is 1. The lowest BCUT2D eigenvalue weighted by Gasteiger charge is -2.00. The van der Waals surface area contributed by atoms with Crippen LogP contribution in [0.3, 0.4) is 0 Å². The van der Waals surface area contributed by atoms with Gasteiger partial charge in [-0.2, -0.15) is 0 Å². The van der Waals surface area contributed by atoms with Crippen LogP contribution in [0, 0.1) is 10.1 Å². The molecule has 6 nitrogen and oxygen atoms in total. The molecule has 0 spiro atoms. The molecule has 0 bridgehead atoms. The first-order valence-electron chi connectivity index (χ1n) is 5.03. The minimum Gasteiger partial charge on any atom is -0.312 e. The van der Waals surface area contributed by atoms with E-state index in [1.807, 2.05) is 0 Å². The number of hydrogen-bond donors (Lipinski definition) is 0. The number of halogens is 2. The van der Waals surface area contributed by atoms with Gasteiger partial charge in [0.2, 0.25) is 0 Å². The lowest BCUT2D eigenvalue weighted by atomic mass is 10.1. The molecule has 19 heavy (non-hydrogen) atoms. The van der Waals surface area contributed by atoms with Crippen molar-refractivity contribution in [3.8, 4) is 0 Å². The number of carbonyl (C=O) groups is 1. The molecule has 8 heteroatoms. The quantitative estimate of drug-likeness (QED) is 0.282. The number of hydrogen-bond acceptors (Lipinski definition) is 5. The normalized spacial score (nSPS) is 16.4. The van der Waals surface area contributed by atoms with Crippen molar-refractivity contribution >= 4 is 46.6 Å². The predicted molar refractivity (Wildman–Crippen MR) is 70.3 cm³/mol. The SMILES string of the molecule is O=C1ON=C(CCl)/C1=C/c1cc([N+](=O)[O-])ccc1Cl. The number of nitro benzene ring substituents is 1. The smallest absolute Gasteiger partial charge is 0.312 e. The van der Waals surface area contributed by atoms with Crippen molar-refractivity contribution < 1.29 is 14.6 Å². The van der Waals surface area contributed by atoms with E-state index in [4.69, 9.17) is 23.2 Å². The molecule has 0 amide bonds. The zero-order valence-corrected chi connectivity index (χ0v) is 10.8. The fourth-order valence-corrected chi connectivity index (χ4v) is 1.83. The number of non-ortho nitro benzene ring substituents is 1. The molecule has 0 unspecified atom stereocenters. The van der Waals surface area contributed by atoms with Crippen LogP contribution in [0.2, 0.25) is 5.02 Å². The fourth-order valence-electron chi connectivity index (χ4n) is 1.46. The number of benzene rings is 1. The van der Waals surface area contributed by atoms with E-state index in [0.29, 0.717) is 5.56 Å². The van der Waals surface area contributed by atoms with Crippen LogP contribution in [-0.2, 0) is 9.63 Å². The van der Waals surface area contributed by atoms with E-state index in [-0.39, 0.29) is 27.9 Å². The second-order valence-electron chi connectivity index (χ2n) is 3.57. The Morgan fingerprint density at radius 2 is 2.21 bits per heavy atom. The number of nitrogens with zero attached hydrogens (tertiary/aromatic N) is 2. The number of alkyl halides is 1. The van der Waals surface area contributed by atoms with E-state index in [1.165, 1.54) is 24.3 Å². The van der Waals surface area contributed by atoms with Crippen LogP contribution in [-0.4, -0.2) is 22.5 Å². The first kappa shape index (κ1) is 13.5. The average Bonchev–Trinajstić information content (AvgIpc) is 2.73. The Balaban J connectivity index is 2.47. The monoisotopic (exact) mass is 300 g/mol. The number of nitro groups is 1. The minimum atomic E-state index is -0.668. The molecular formula is C11H6Cl2N2O4. The van der Waals surface area contributed by atoms with E-state index < -0.39 is 10.9 Å². The second-order valence-corrected chi connectivity index (χ2v) is 4.25. The van der Waals surface area contributed by atoms with Gasteiger partial charge in [-0.15, -0.1) is 11.6 Å². The molecule has 98 valence electrons. The second kappa shape index (κ2) is 5.38. The van der Waals surface area contributed by atoms with Gasteiger partial charge >= 0.3 is 5.97 Å². The van der Waals surface area contributed by atoms with Crippen molar-refractivity contribution in [2.75, 3.05) is 5.88 Å². The molecule has 1 aromatic carbocycles. The highest BCUT2D eigenvalue weighted by atomic mass is 35.5. The van der Waals surface area contributed by atoms with Gasteiger partial charge in [0, 0.05) is 22.7 Å². The molecule has 0 atom stereocenters. The molecule has 1 aromatic rings. The Kier molecular flexibility index (Phi) is 3.82. The average molecular weight is 301 g/mol. The molecule has 0 radical (unpaired) electrons. The Labute approximate surface area is 117 Å². The highest BCUT2D eigenvalue weighted by Crippen LogP contribution is 2.26. The molecule has 0 saturated heterocycles. The lowest BCUT2D eigenvalue weighted by molar-refractivity contribution is -0.384. The summed E-state index contributed by atoms with van der Waals surface area (Å²) < 4.78 is 0. The van der Waals surface area contributed by atoms with E-state index in [9.17, 15) is 14.9 Å². The summed E-state index contributed by atoms with van der Waals surface area (Å²) >= 11 is 11.5. The minimum absolute atomic E-state index is 0.00980. The summed E-state index contributed by atoms with van der Waals surface area (Å²) in [5.74, 6) is -0.678. The maximum atomic E-state index is 11.4. The van der Waals surface area contributed by atoms with Crippen LogP contribution in [0.1, 0.15) is 5.56 Å². The summed E-state index contributed by atoms with van der Waals surface area (Å²) in [7, 11) is 0. The van der Waals surface area contributed by atoms with Crippen LogP contribution < -0.4 is 0 Å². The van der Waals surface area contributed by atoms with Crippen molar-refractivity contribution in [2.45, 2.75) is 0 Å². The fraction of sp³-hybridized carbons (Fsp3) is 0.0909. The van der Waals surface area contributed by atoms with Gasteiger partial charge in [-0.05, 0) is 12.1 Å². The Hall–Kier alpha value is -1.92. The number of rotatable bonds is 3. The zero-order chi connectivity index (χ0) is 14.0. The molecule has 1 heterocycles. The topological polar surface area (TPSA) is 81.8 Å². The first-order valence-corrected chi connectivity index (χ1v) is 5.94. The van der Waals surface area contributed by atoms with E-state index in [0.717, 1.165) is 0 Å². The van der Waals surface area contributed by atoms with Gasteiger partial charge in [0.15, 0.2) is 0 Å². The molecule has 0 saturated carbocycles. The van der Waals surface area contributed by atoms with E-state index in [2.05, 4.69) is 9.99 Å². The maximum absolute atomic E-state index is 11.4. The number of oxime groups is 1. The third-order valence-corrected chi connectivity index (χ3v) is 2.98. The molecule has 1 aliphatic heterocycles. The highest BCUT2D eigenvalue weighted by molar-refractivity contribution is 6.39. The first-order chi connectivity index (χ1) is 9.02.